The van der Waals surface area contributed by atoms with Crippen molar-refractivity contribution < 1.29 is 19.5 Å². The summed E-state index contributed by atoms with van der Waals surface area (Å²) in [7, 11) is 0. The molecule has 1 fully saturated rings. The maximum absolute atomic E-state index is 10.8. The number of imidazole rings is 1. The minimum Gasteiger partial charge on any atom is -0.494 e. The highest BCUT2D eigenvalue weighted by atomic mass is 35.5. The first-order chi connectivity index (χ1) is 18.3. The van der Waals surface area contributed by atoms with Crippen LogP contribution in [0.15, 0.2) is 48.7 Å². The van der Waals surface area contributed by atoms with E-state index in [9.17, 15) is 15.2 Å². The summed E-state index contributed by atoms with van der Waals surface area (Å²) < 4.78 is 13.1. The van der Waals surface area contributed by atoms with Crippen LogP contribution in [0, 0.1) is 23.0 Å². The van der Waals surface area contributed by atoms with E-state index in [4.69, 9.17) is 32.7 Å². The number of benzene rings is 2. The molecule has 9 nitrogen and oxygen atoms in total. The Kier molecular flexibility index (Phi) is 9.71. The summed E-state index contributed by atoms with van der Waals surface area (Å²) in [6, 6.07) is 13.7. The van der Waals surface area contributed by atoms with Crippen molar-refractivity contribution in [3.8, 4) is 11.5 Å². The predicted molar refractivity (Wildman–Crippen MR) is 148 cm³/mol. The molecule has 0 bridgehead atoms. The molecule has 204 valence electrons. The quantitative estimate of drug-likeness (QED) is 0.216. The molecule has 1 aromatic heterocycles. The van der Waals surface area contributed by atoms with Gasteiger partial charge in [-0.25, -0.2) is 0 Å². The fraction of sp³-hybridized carbons (Fsp3) is 0.444. The lowest BCUT2D eigenvalue weighted by molar-refractivity contribution is -0.389. The highest BCUT2D eigenvalue weighted by molar-refractivity contribution is 6.31. The van der Waals surface area contributed by atoms with E-state index in [1.807, 2.05) is 49.4 Å². The van der Waals surface area contributed by atoms with Gasteiger partial charge in [0.25, 0.3) is 0 Å². The first kappa shape index (κ1) is 28.0. The number of piperidine rings is 1. The van der Waals surface area contributed by atoms with Crippen LogP contribution < -0.4 is 14.4 Å². The lowest BCUT2D eigenvalue weighted by atomic mass is 9.93. The molecule has 1 unspecified atom stereocenters. The van der Waals surface area contributed by atoms with Crippen LogP contribution in [0.2, 0.25) is 10.3 Å². The van der Waals surface area contributed by atoms with E-state index < -0.39 is 11.0 Å². The molecule has 2 heterocycles. The molecular formula is C27H32Cl2N4O5. The van der Waals surface area contributed by atoms with Crippen LogP contribution >= 0.6 is 23.2 Å². The second-order valence-corrected chi connectivity index (χ2v) is 10.3. The average molecular weight is 563 g/mol. The van der Waals surface area contributed by atoms with Gasteiger partial charge < -0.3 is 29.6 Å². The van der Waals surface area contributed by atoms with E-state index in [0.717, 1.165) is 54.4 Å². The molecule has 4 rings (SSSR count). The molecule has 0 saturated carbocycles. The summed E-state index contributed by atoms with van der Waals surface area (Å²) in [4.78, 5) is 16.2. The molecule has 1 aliphatic rings. The minimum atomic E-state index is -0.751. The molecule has 1 saturated heterocycles. The van der Waals surface area contributed by atoms with Gasteiger partial charge in [0.2, 0.25) is 0 Å². The molecule has 1 atom stereocenters. The van der Waals surface area contributed by atoms with Gasteiger partial charge in [-0.05, 0) is 108 Å². The lowest BCUT2D eigenvalue weighted by Gasteiger charge is -2.33. The van der Waals surface area contributed by atoms with Crippen LogP contribution in [0.25, 0.3) is 0 Å². The van der Waals surface area contributed by atoms with Crippen LogP contribution in [0.4, 0.5) is 11.5 Å². The Balaban J connectivity index is 1.14. The largest absolute Gasteiger partial charge is 0.494 e. The topological polar surface area (TPSA) is 103 Å². The number of anilines is 1. The summed E-state index contributed by atoms with van der Waals surface area (Å²) in [5.41, 5.74) is 2.18. The Hall–Kier alpha value is -3.01. The molecular weight excluding hydrogens is 531 g/mol. The summed E-state index contributed by atoms with van der Waals surface area (Å²) in [6.07, 6.45) is 4.11. The zero-order chi connectivity index (χ0) is 27.1. The number of aromatic nitrogens is 2. The second kappa shape index (κ2) is 13.2. The van der Waals surface area contributed by atoms with E-state index in [1.165, 1.54) is 10.8 Å². The highest BCUT2D eigenvalue weighted by Crippen LogP contribution is 2.28. The van der Waals surface area contributed by atoms with E-state index in [0.29, 0.717) is 31.2 Å². The smallest absolute Gasteiger partial charge is 0.383 e. The van der Waals surface area contributed by atoms with Crippen molar-refractivity contribution in [2.45, 2.75) is 45.3 Å². The molecule has 3 aromatic rings. The molecule has 0 spiro atoms. The molecule has 38 heavy (non-hydrogen) atoms. The summed E-state index contributed by atoms with van der Waals surface area (Å²) >= 11 is 12.0. The summed E-state index contributed by atoms with van der Waals surface area (Å²) in [6.45, 7) is 5.09. The lowest BCUT2D eigenvalue weighted by Crippen LogP contribution is -2.34. The van der Waals surface area contributed by atoms with Crippen molar-refractivity contribution in [3.63, 3.8) is 0 Å². The van der Waals surface area contributed by atoms with Crippen molar-refractivity contribution in [2.24, 2.45) is 5.92 Å². The van der Waals surface area contributed by atoms with Gasteiger partial charge in [0, 0.05) is 30.3 Å². The Morgan fingerprint density at radius 2 is 1.84 bits per heavy atom. The third-order valence-corrected chi connectivity index (χ3v) is 7.51. The van der Waals surface area contributed by atoms with Crippen LogP contribution in [0.3, 0.4) is 0 Å². The number of aryl methyl sites for hydroxylation is 2. The summed E-state index contributed by atoms with van der Waals surface area (Å²) in [5.74, 6) is 1.87. The first-order valence-corrected chi connectivity index (χ1v) is 13.5. The number of aliphatic hydroxyl groups is 1. The Morgan fingerprint density at radius 3 is 2.50 bits per heavy atom. The normalized spacial score (nSPS) is 14.9. The van der Waals surface area contributed by atoms with E-state index in [-0.39, 0.29) is 17.7 Å². The minimum absolute atomic E-state index is 0.0192. The molecule has 1 N–H and O–H groups in total. The number of rotatable bonds is 12. The molecule has 0 radical (unpaired) electrons. The van der Waals surface area contributed by atoms with Gasteiger partial charge in [-0.1, -0.05) is 11.6 Å². The van der Waals surface area contributed by atoms with Gasteiger partial charge in [0.1, 0.15) is 24.3 Å². The van der Waals surface area contributed by atoms with Gasteiger partial charge >= 0.3 is 11.1 Å². The monoisotopic (exact) mass is 562 g/mol. The maximum atomic E-state index is 10.8. The Bertz CT molecular complexity index is 1210. The van der Waals surface area contributed by atoms with Crippen molar-refractivity contribution in [3.05, 3.63) is 74.6 Å². The Labute approximate surface area is 232 Å². The number of nitrogens with zero attached hydrogens (tertiary/aromatic N) is 4. The summed E-state index contributed by atoms with van der Waals surface area (Å²) in [5, 5.41) is 21.8. The van der Waals surface area contributed by atoms with Gasteiger partial charge in [-0.15, -0.1) is 0 Å². The number of ether oxygens (including phenoxy) is 2. The van der Waals surface area contributed by atoms with Gasteiger partial charge in [0.05, 0.1) is 12.7 Å². The number of aliphatic hydroxyl groups excluding tert-OH is 1. The number of nitro groups is 1. The van der Waals surface area contributed by atoms with Crippen molar-refractivity contribution in [1.82, 2.24) is 9.55 Å². The predicted octanol–water partition coefficient (Wildman–Crippen LogP) is 5.92. The number of hydrogen-bond acceptors (Lipinski definition) is 7. The van der Waals surface area contributed by atoms with E-state index >= 15 is 0 Å². The first-order valence-electron chi connectivity index (χ1n) is 12.7. The molecule has 11 heteroatoms. The number of hydrogen-bond donors (Lipinski definition) is 1. The van der Waals surface area contributed by atoms with Crippen molar-refractivity contribution >= 4 is 34.7 Å². The highest BCUT2D eigenvalue weighted by Gasteiger charge is 2.20. The van der Waals surface area contributed by atoms with Crippen LogP contribution in [0.1, 0.15) is 31.2 Å². The molecule has 0 amide bonds. The molecule has 0 aliphatic carbocycles. The van der Waals surface area contributed by atoms with Crippen molar-refractivity contribution in [2.75, 3.05) is 31.2 Å². The molecule has 1 aliphatic heterocycles. The van der Waals surface area contributed by atoms with Crippen molar-refractivity contribution in [1.29, 1.82) is 0 Å². The third kappa shape index (κ3) is 7.75. The Morgan fingerprint density at radius 1 is 1.13 bits per heavy atom. The van der Waals surface area contributed by atoms with Gasteiger partial charge in [-0.2, -0.15) is 0 Å². The standard InChI is InChI=1S/C27H32Cl2N4O5/c1-19-16-24(6-7-25(19)28)37-15-11-20-8-12-31(13-9-20)21-2-4-23(5-3-21)38-18-22(34)10-14-32-17-26(33(35)36)30-27(32)29/h2-7,16-17,20,22,34H,8-15,18H2,1H3. The van der Waals surface area contributed by atoms with E-state index in [1.54, 1.807) is 0 Å². The number of halogens is 2. The maximum Gasteiger partial charge on any atom is 0.383 e. The van der Waals surface area contributed by atoms with E-state index in [2.05, 4.69) is 9.88 Å². The SMILES string of the molecule is Cc1cc(OCCC2CCN(c3ccc(OCC(O)CCn4cc([N+](=O)[O-])nc4Cl)cc3)CC2)ccc1Cl. The van der Waals surface area contributed by atoms with Crippen LogP contribution in [0.5, 0.6) is 11.5 Å². The zero-order valence-corrected chi connectivity index (χ0v) is 22.8. The van der Waals surface area contributed by atoms with Crippen LogP contribution in [-0.2, 0) is 6.54 Å². The molecule has 2 aromatic carbocycles. The zero-order valence-electron chi connectivity index (χ0n) is 21.3. The van der Waals surface area contributed by atoms with Gasteiger partial charge in [-0.3, -0.25) is 4.57 Å². The second-order valence-electron chi connectivity index (χ2n) is 9.54. The average Bonchev–Trinajstić information content (AvgIpc) is 3.30. The van der Waals surface area contributed by atoms with Gasteiger partial charge in [0.15, 0.2) is 0 Å². The fourth-order valence-electron chi connectivity index (χ4n) is 4.47. The van der Waals surface area contributed by atoms with Crippen LogP contribution in [-0.4, -0.2) is 52.0 Å². The fourth-order valence-corrected chi connectivity index (χ4v) is 4.81. The third-order valence-electron chi connectivity index (χ3n) is 6.79.